The Morgan fingerprint density at radius 1 is 1.35 bits per heavy atom. The molecule has 0 amide bonds. The largest absolute Gasteiger partial charge is 0.489 e. The molecular weight excluding hydrogens is 254 g/mol. The molecule has 20 heavy (non-hydrogen) atoms. The summed E-state index contributed by atoms with van der Waals surface area (Å²) < 4.78 is 7.56. The maximum atomic E-state index is 12.3. The maximum Gasteiger partial charge on any atom is 0.327 e. The van der Waals surface area contributed by atoms with Crippen LogP contribution in [0.15, 0.2) is 41.3 Å². The van der Waals surface area contributed by atoms with E-state index in [1.165, 1.54) is 0 Å². The van der Waals surface area contributed by atoms with Crippen molar-refractivity contribution in [2.45, 2.75) is 13.0 Å². The smallest absolute Gasteiger partial charge is 0.327 e. The Morgan fingerprint density at radius 3 is 3.05 bits per heavy atom. The maximum absolute atomic E-state index is 12.3. The first-order valence-corrected chi connectivity index (χ1v) is 6.53. The lowest BCUT2D eigenvalue weighted by atomic mass is 10.1. The van der Waals surface area contributed by atoms with Crippen molar-refractivity contribution in [1.82, 2.24) is 14.5 Å². The van der Waals surface area contributed by atoms with Gasteiger partial charge in [-0.2, -0.15) is 0 Å². The van der Waals surface area contributed by atoms with Crippen LogP contribution in [0.2, 0.25) is 0 Å². The highest BCUT2D eigenvalue weighted by molar-refractivity contribution is 5.85. The highest BCUT2D eigenvalue weighted by Gasteiger charge is 2.27. The first kappa shape index (κ1) is 11.3. The SMILES string of the molecule is Cc1ccc2c3c1[nH]c(=O)n3C(c1ccccn1)CO2. The van der Waals surface area contributed by atoms with Crippen LogP contribution in [0.25, 0.3) is 11.0 Å². The number of H-pyrrole nitrogens is 1. The summed E-state index contributed by atoms with van der Waals surface area (Å²) in [7, 11) is 0. The molecule has 1 unspecified atom stereocenters. The summed E-state index contributed by atoms with van der Waals surface area (Å²) in [5, 5.41) is 0. The van der Waals surface area contributed by atoms with Gasteiger partial charge < -0.3 is 9.72 Å². The van der Waals surface area contributed by atoms with E-state index in [-0.39, 0.29) is 11.7 Å². The fraction of sp³-hybridized carbons (Fsp3) is 0.200. The lowest BCUT2D eigenvalue weighted by Crippen LogP contribution is -2.31. The third-order valence-corrected chi connectivity index (χ3v) is 3.78. The number of nitrogens with zero attached hydrogens (tertiary/aromatic N) is 2. The zero-order chi connectivity index (χ0) is 13.7. The van der Waals surface area contributed by atoms with E-state index < -0.39 is 0 Å². The first-order valence-electron chi connectivity index (χ1n) is 6.53. The lowest BCUT2D eigenvalue weighted by molar-refractivity contribution is 0.254. The van der Waals surface area contributed by atoms with Crippen LogP contribution in [0.5, 0.6) is 5.75 Å². The third kappa shape index (κ3) is 1.43. The van der Waals surface area contributed by atoms with Crippen molar-refractivity contribution >= 4 is 11.0 Å². The van der Waals surface area contributed by atoms with E-state index in [9.17, 15) is 4.79 Å². The van der Waals surface area contributed by atoms with Gasteiger partial charge in [-0.25, -0.2) is 4.79 Å². The monoisotopic (exact) mass is 267 g/mol. The molecule has 0 saturated heterocycles. The van der Waals surface area contributed by atoms with Gasteiger partial charge in [0.2, 0.25) is 0 Å². The lowest BCUT2D eigenvalue weighted by Gasteiger charge is -2.24. The van der Waals surface area contributed by atoms with E-state index in [4.69, 9.17) is 4.74 Å². The molecule has 3 aromatic rings. The van der Waals surface area contributed by atoms with E-state index in [2.05, 4.69) is 9.97 Å². The highest BCUT2D eigenvalue weighted by Crippen LogP contribution is 2.34. The quantitative estimate of drug-likeness (QED) is 0.733. The van der Waals surface area contributed by atoms with Crippen LogP contribution in [0, 0.1) is 6.92 Å². The van der Waals surface area contributed by atoms with Crippen molar-refractivity contribution in [2.24, 2.45) is 0 Å². The van der Waals surface area contributed by atoms with E-state index in [1.54, 1.807) is 10.8 Å². The van der Waals surface area contributed by atoms with Gasteiger partial charge in [0.15, 0.2) is 0 Å². The van der Waals surface area contributed by atoms with E-state index in [1.807, 2.05) is 37.3 Å². The fourth-order valence-corrected chi connectivity index (χ4v) is 2.79. The molecule has 1 atom stereocenters. The van der Waals surface area contributed by atoms with Crippen molar-refractivity contribution < 1.29 is 4.74 Å². The van der Waals surface area contributed by atoms with Crippen molar-refractivity contribution in [3.8, 4) is 5.75 Å². The molecule has 100 valence electrons. The summed E-state index contributed by atoms with van der Waals surface area (Å²) >= 11 is 0. The Labute approximate surface area is 114 Å². The van der Waals surface area contributed by atoms with Gasteiger partial charge in [-0.1, -0.05) is 12.1 Å². The standard InChI is InChI=1S/C15H13N3O2/c1-9-5-6-12-14-13(9)17-15(19)18(14)11(8-20-12)10-4-2-3-7-16-10/h2-7,11H,8H2,1H3,(H,17,19). The molecule has 0 bridgehead atoms. The average Bonchev–Trinajstić information content (AvgIpc) is 2.84. The molecule has 5 heteroatoms. The summed E-state index contributed by atoms with van der Waals surface area (Å²) in [5.74, 6) is 0.746. The summed E-state index contributed by atoms with van der Waals surface area (Å²) in [4.78, 5) is 19.6. The normalized spacial score (nSPS) is 17.1. The molecule has 2 aromatic heterocycles. The van der Waals surface area contributed by atoms with Crippen molar-refractivity contribution in [2.75, 3.05) is 6.61 Å². The molecular formula is C15H13N3O2. The predicted molar refractivity (Wildman–Crippen MR) is 75.2 cm³/mol. The van der Waals surface area contributed by atoms with Gasteiger partial charge >= 0.3 is 5.69 Å². The molecule has 5 nitrogen and oxygen atoms in total. The summed E-state index contributed by atoms with van der Waals surface area (Å²) in [6.45, 7) is 2.39. The van der Waals surface area contributed by atoms with Crippen molar-refractivity contribution in [3.63, 3.8) is 0 Å². The molecule has 1 aliphatic rings. The van der Waals surface area contributed by atoms with Gasteiger partial charge in [0.05, 0.1) is 11.2 Å². The highest BCUT2D eigenvalue weighted by atomic mass is 16.5. The van der Waals surface area contributed by atoms with E-state index in [0.717, 1.165) is 28.0 Å². The van der Waals surface area contributed by atoms with Crippen molar-refractivity contribution in [1.29, 1.82) is 0 Å². The predicted octanol–water partition coefficient (Wildman–Crippen LogP) is 2.01. The van der Waals surface area contributed by atoms with Crippen LogP contribution in [-0.2, 0) is 0 Å². The van der Waals surface area contributed by atoms with Crippen LogP contribution in [0.3, 0.4) is 0 Å². The van der Waals surface area contributed by atoms with Crippen LogP contribution in [-0.4, -0.2) is 21.1 Å². The number of ether oxygens (including phenoxy) is 1. The summed E-state index contributed by atoms with van der Waals surface area (Å²) in [5.41, 5.74) is 3.42. The zero-order valence-electron chi connectivity index (χ0n) is 11.0. The number of hydrogen-bond acceptors (Lipinski definition) is 3. The molecule has 0 radical (unpaired) electrons. The number of aromatic amines is 1. The Balaban J connectivity index is 2.04. The van der Waals surface area contributed by atoms with Gasteiger partial charge in [0.25, 0.3) is 0 Å². The Kier molecular flexibility index (Phi) is 2.24. The minimum absolute atomic E-state index is 0.116. The summed E-state index contributed by atoms with van der Waals surface area (Å²) in [6, 6.07) is 9.38. The van der Waals surface area contributed by atoms with Gasteiger partial charge in [-0.3, -0.25) is 9.55 Å². The molecule has 0 aliphatic carbocycles. The molecule has 3 heterocycles. The van der Waals surface area contributed by atoms with Crippen LogP contribution >= 0.6 is 0 Å². The minimum atomic E-state index is -0.188. The molecule has 1 aromatic carbocycles. The number of rotatable bonds is 1. The number of pyridine rings is 1. The number of aromatic nitrogens is 3. The van der Waals surface area contributed by atoms with E-state index in [0.29, 0.717) is 6.61 Å². The molecule has 1 aliphatic heterocycles. The second kappa shape index (κ2) is 3.96. The average molecular weight is 267 g/mol. The second-order valence-corrected chi connectivity index (χ2v) is 4.99. The number of imidazole rings is 1. The molecule has 0 fully saturated rings. The molecule has 0 saturated carbocycles. The van der Waals surface area contributed by atoms with Gasteiger partial charge in [-0.15, -0.1) is 0 Å². The number of nitrogens with one attached hydrogen (secondary N) is 1. The molecule has 0 spiro atoms. The van der Waals surface area contributed by atoms with Gasteiger partial charge in [0, 0.05) is 6.20 Å². The third-order valence-electron chi connectivity index (χ3n) is 3.78. The Bertz CT molecular complexity index is 849. The number of aryl methyl sites for hydroxylation is 1. The topological polar surface area (TPSA) is 59.9 Å². The Hall–Kier alpha value is -2.56. The van der Waals surface area contributed by atoms with E-state index >= 15 is 0 Å². The number of benzene rings is 1. The summed E-state index contributed by atoms with van der Waals surface area (Å²) in [6.07, 6.45) is 1.73. The zero-order valence-corrected chi connectivity index (χ0v) is 11.0. The molecule has 4 rings (SSSR count). The second-order valence-electron chi connectivity index (χ2n) is 4.99. The van der Waals surface area contributed by atoms with Crippen LogP contribution in [0.1, 0.15) is 17.3 Å². The fourth-order valence-electron chi connectivity index (χ4n) is 2.79. The van der Waals surface area contributed by atoms with Crippen LogP contribution < -0.4 is 10.4 Å². The van der Waals surface area contributed by atoms with Crippen molar-refractivity contribution in [3.05, 3.63) is 58.3 Å². The molecule has 1 N–H and O–H groups in total. The number of hydrogen-bond donors (Lipinski definition) is 1. The minimum Gasteiger partial charge on any atom is -0.489 e. The van der Waals surface area contributed by atoms with Gasteiger partial charge in [-0.05, 0) is 30.7 Å². The Morgan fingerprint density at radius 2 is 2.25 bits per heavy atom. The van der Waals surface area contributed by atoms with Gasteiger partial charge in [0.1, 0.15) is 23.9 Å². The van der Waals surface area contributed by atoms with Crippen LogP contribution in [0.4, 0.5) is 0 Å². The first-order chi connectivity index (χ1) is 9.75.